The summed E-state index contributed by atoms with van der Waals surface area (Å²) in [7, 11) is 1.78. The highest BCUT2D eigenvalue weighted by molar-refractivity contribution is 7.08. The van der Waals surface area contributed by atoms with Crippen LogP contribution in [0.2, 0.25) is 0 Å². The minimum Gasteiger partial charge on any atom is -0.475 e. The van der Waals surface area contributed by atoms with Crippen LogP contribution in [0.25, 0.3) is 0 Å². The van der Waals surface area contributed by atoms with Crippen LogP contribution in [0.1, 0.15) is 37.7 Å². The molecule has 1 N–H and O–H groups in total. The molecule has 3 rings (SSSR count). The Morgan fingerprint density at radius 3 is 2.43 bits per heavy atom. The number of methoxy groups -OCH3 is 1. The molecular formula is C20H29F3N2O4S. The molecule has 2 fully saturated rings. The number of likely N-dealkylation sites (tertiary alicyclic amines) is 2. The van der Waals surface area contributed by atoms with E-state index in [0.29, 0.717) is 17.9 Å². The Labute approximate surface area is 178 Å². The van der Waals surface area contributed by atoms with Crippen molar-refractivity contribution in [3.05, 3.63) is 22.4 Å². The standard InChI is InChI=1S/C18H28N2O2S.C2HF3O2/c1-22-12-3-9-20-8-2-5-18(20)6-10-19(11-7-18)17(21)14-16-4-13-23-15-16;3-2(4,5)1(6)7/h4,13,15H,2-3,5-12,14H2,1H3;(H,6,7). The Morgan fingerprint density at radius 1 is 1.23 bits per heavy atom. The molecule has 10 heteroatoms. The summed E-state index contributed by atoms with van der Waals surface area (Å²) in [6.45, 7) is 5.04. The van der Waals surface area contributed by atoms with E-state index in [0.717, 1.165) is 51.1 Å². The lowest BCUT2D eigenvalue weighted by molar-refractivity contribution is -0.192. The van der Waals surface area contributed by atoms with Crippen molar-refractivity contribution in [1.29, 1.82) is 0 Å². The Hall–Kier alpha value is -1.65. The maximum absolute atomic E-state index is 12.5. The van der Waals surface area contributed by atoms with Gasteiger partial charge in [-0.25, -0.2) is 4.79 Å². The number of nitrogens with zero attached hydrogens (tertiary/aromatic N) is 2. The molecular weight excluding hydrogens is 421 g/mol. The minimum absolute atomic E-state index is 0.294. The normalized spacial score (nSPS) is 18.9. The van der Waals surface area contributed by atoms with Crippen molar-refractivity contribution in [3.63, 3.8) is 0 Å². The Kier molecular flexibility index (Phi) is 9.11. The van der Waals surface area contributed by atoms with Gasteiger partial charge in [-0.15, -0.1) is 0 Å². The molecule has 0 aliphatic carbocycles. The number of carbonyl (C=O) groups excluding carboxylic acids is 1. The Morgan fingerprint density at radius 2 is 1.90 bits per heavy atom. The molecule has 30 heavy (non-hydrogen) atoms. The second kappa shape index (κ2) is 11.1. The summed E-state index contributed by atoms with van der Waals surface area (Å²) in [5.74, 6) is -2.46. The topological polar surface area (TPSA) is 70.1 Å². The molecule has 0 bridgehead atoms. The summed E-state index contributed by atoms with van der Waals surface area (Å²) in [6.07, 6.45) is 1.46. The molecule has 0 unspecified atom stereocenters. The molecule has 1 aromatic rings. The number of rotatable bonds is 6. The maximum atomic E-state index is 12.5. The number of thiophene rings is 1. The zero-order valence-corrected chi connectivity index (χ0v) is 17.9. The molecule has 3 heterocycles. The summed E-state index contributed by atoms with van der Waals surface area (Å²) in [5, 5.41) is 11.3. The van der Waals surface area contributed by atoms with Crippen LogP contribution in [-0.4, -0.2) is 78.4 Å². The monoisotopic (exact) mass is 450 g/mol. The van der Waals surface area contributed by atoms with Crippen LogP contribution < -0.4 is 0 Å². The number of carbonyl (C=O) groups is 2. The molecule has 6 nitrogen and oxygen atoms in total. The van der Waals surface area contributed by atoms with Gasteiger partial charge in [0, 0.05) is 38.9 Å². The van der Waals surface area contributed by atoms with E-state index in [1.54, 1.807) is 18.4 Å². The molecule has 0 radical (unpaired) electrons. The third-order valence-electron chi connectivity index (χ3n) is 5.74. The first-order valence-corrected chi connectivity index (χ1v) is 11.0. The largest absolute Gasteiger partial charge is 0.490 e. The number of halogens is 3. The van der Waals surface area contributed by atoms with Crippen LogP contribution >= 0.6 is 11.3 Å². The number of alkyl halides is 3. The van der Waals surface area contributed by atoms with Crippen LogP contribution in [0, 0.1) is 0 Å². The van der Waals surface area contributed by atoms with Crippen LogP contribution in [0.4, 0.5) is 13.2 Å². The van der Waals surface area contributed by atoms with Gasteiger partial charge in [-0.2, -0.15) is 24.5 Å². The first-order valence-electron chi connectivity index (χ1n) is 10.0. The molecule has 2 saturated heterocycles. The van der Waals surface area contributed by atoms with Gasteiger partial charge in [0.25, 0.3) is 0 Å². The fourth-order valence-electron chi connectivity index (χ4n) is 4.16. The van der Waals surface area contributed by atoms with Gasteiger partial charge in [0.2, 0.25) is 5.91 Å². The van der Waals surface area contributed by atoms with E-state index in [4.69, 9.17) is 14.6 Å². The van der Waals surface area contributed by atoms with Crippen molar-refractivity contribution in [1.82, 2.24) is 9.80 Å². The van der Waals surface area contributed by atoms with E-state index in [2.05, 4.69) is 21.2 Å². The molecule has 0 atom stereocenters. The SMILES string of the molecule is COCCCN1CCCC12CCN(C(=O)Cc1ccsc1)CC2.O=C(O)C(F)(F)F. The van der Waals surface area contributed by atoms with Crippen LogP contribution in [0.3, 0.4) is 0 Å². The number of carboxylic acid groups (broad SMARTS) is 1. The average Bonchev–Trinajstić information content (AvgIpc) is 3.33. The number of hydrogen-bond donors (Lipinski definition) is 1. The number of aliphatic carboxylic acids is 1. The van der Waals surface area contributed by atoms with Gasteiger partial charge in [-0.3, -0.25) is 9.69 Å². The molecule has 0 aromatic carbocycles. The van der Waals surface area contributed by atoms with Gasteiger partial charge in [-0.1, -0.05) is 0 Å². The molecule has 2 aliphatic rings. The lowest BCUT2D eigenvalue weighted by Gasteiger charge is -2.45. The van der Waals surface area contributed by atoms with Crippen molar-refractivity contribution in [2.45, 2.75) is 50.2 Å². The second-order valence-corrected chi connectivity index (χ2v) is 8.43. The Bertz CT molecular complexity index is 674. The predicted molar refractivity (Wildman–Crippen MR) is 108 cm³/mol. The highest BCUT2D eigenvalue weighted by Gasteiger charge is 2.43. The van der Waals surface area contributed by atoms with Gasteiger partial charge < -0.3 is 14.7 Å². The van der Waals surface area contributed by atoms with E-state index < -0.39 is 12.1 Å². The summed E-state index contributed by atoms with van der Waals surface area (Å²) >= 11 is 1.67. The smallest absolute Gasteiger partial charge is 0.475 e. The summed E-state index contributed by atoms with van der Waals surface area (Å²) in [6, 6.07) is 2.06. The second-order valence-electron chi connectivity index (χ2n) is 7.65. The zero-order chi connectivity index (χ0) is 22.2. The summed E-state index contributed by atoms with van der Waals surface area (Å²) < 4.78 is 36.9. The number of piperidine rings is 1. The lowest BCUT2D eigenvalue weighted by Crippen LogP contribution is -2.53. The van der Waals surface area contributed by atoms with Crippen molar-refractivity contribution in [3.8, 4) is 0 Å². The number of hydrogen-bond acceptors (Lipinski definition) is 5. The van der Waals surface area contributed by atoms with Gasteiger partial charge in [-0.05, 0) is 61.0 Å². The quantitative estimate of drug-likeness (QED) is 0.673. The predicted octanol–water partition coefficient (Wildman–Crippen LogP) is 3.42. The molecule has 2 aliphatic heterocycles. The lowest BCUT2D eigenvalue weighted by atomic mass is 9.84. The van der Waals surface area contributed by atoms with E-state index in [1.165, 1.54) is 19.4 Å². The van der Waals surface area contributed by atoms with Crippen molar-refractivity contribution >= 4 is 23.2 Å². The highest BCUT2D eigenvalue weighted by atomic mass is 32.1. The van der Waals surface area contributed by atoms with Gasteiger partial charge in [0.05, 0.1) is 6.42 Å². The fraction of sp³-hybridized carbons (Fsp3) is 0.700. The van der Waals surface area contributed by atoms with Gasteiger partial charge >= 0.3 is 12.1 Å². The molecule has 1 aromatic heterocycles. The molecule has 0 saturated carbocycles. The summed E-state index contributed by atoms with van der Waals surface area (Å²) in [4.78, 5) is 26.1. The van der Waals surface area contributed by atoms with E-state index >= 15 is 0 Å². The van der Waals surface area contributed by atoms with E-state index in [-0.39, 0.29) is 0 Å². The summed E-state index contributed by atoms with van der Waals surface area (Å²) in [5.41, 5.74) is 1.51. The molecule has 1 spiro atoms. The number of carboxylic acids is 1. The van der Waals surface area contributed by atoms with Gasteiger partial charge in [0.15, 0.2) is 0 Å². The van der Waals surface area contributed by atoms with Crippen molar-refractivity contribution in [2.24, 2.45) is 0 Å². The van der Waals surface area contributed by atoms with Crippen LogP contribution in [0.5, 0.6) is 0 Å². The van der Waals surface area contributed by atoms with E-state index in [9.17, 15) is 18.0 Å². The van der Waals surface area contributed by atoms with Gasteiger partial charge in [0.1, 0.15) is 0 Å². The fourth-order valence-corrected chi connectivity index (χ4v) is 4.83. The molecule has 1 amide bonds. The first kappa shape index (κ1) is 24.6. The molecule has 170 valence electrons. The first-order chi connectivity index (χ1) is 14.2. The third kappa shape index (κ3) is 6.95. The average molecular weight is 451 g/mol. The van der Waals surface area contributed by atoms with E-state index in [1.807, 2.05) is 5.38 Å². The van der Waals surface area contributed by atoms with Crippen LogP contribution in [0.15, 0.2) is 16.8 Å². The number of amides is 1. The zero-order valence-electron chi connectivity index (χ0n) is 17.1. The van der Waals surface area contributed by atoms with Crippen molar-refractivity contribution in [2.75, 3.05) is 39.9 Å². The maximum Gasteiger partial charge on any atom is 0.490 e. The Balaban J connectivity index is 0.000000396. The minimum atomic E-state index is -5.08. The third-order valence-corrected chi connectivity index (χ3v) is 6.47. The van der Waals surface area contributed by atoms with Crippen LogP contribution in [-0.2, 0) is 20.7 Å². The van der Waals surface area contributed by atoms with Crippen molar-refractivity contribution < 1.29 is 32.6 Å². The number of ether oxygens (including phenoxy) is 1. The highest BCUT2D eigenvalue weighted by Crippen LogP contribution is 2.38.